The molecule has 30 heavy (non-hydrogen) atoms. The molecule has 0 aliphatic rings. The Morgan fingerprint density at radius 1 is 1.20 bits per heavy atom. The van der Waals surface area contributed by atoms with Crippen molar-refractivity contribution in [2.24, 2.45) is 5.41 Å². The van der Waals surface area contributed by atoms with Gasteiger partial charge in [-0.15, -0.1) is 0 Å². The Balaban J connectivity index is 2.32. The summed E-state index contributed by atoms with van der Waals surface area (Å²) in [6.45, 7) is 9.53. The highest BCUT2D eigenvalue weighted by atomic mass is 32.2. The van der Waals surface area contributed by atoms with E-state index in [2.05, 4.69) is 4.98 Å². The molecule has 0 N–H and O–H groups in total. The fourth-order valence-corrected chi connectivity index (χ4v) is 4.70. The Morgan fingerprint density at radius 3 is 2.43 bits per heavy atom. The number of sulfone groups is 1. The number of carbonyl (C=O) groups excluding carboxylic acids is 1. The molecule has 1 aromatic carbocycles. The summed E-state index contributed by atoms with van der Waals surface area (Å²) in [7, 11) is -2.08. The van der Waals surface area contributed by atoms with Gasteiger partial charge in [-0.3, -0.25) is 4.79 Å². The third-order valence-electron chi connectivity index (χ3n) is 4.67. The van der Waals surface area contributed by atoms with Gasteiger partial charge in [-0.2, -0.15) is 0 Å². The fraction of sp³-hybridized carbons (Fsp3) is 0.545. The zero-order valence-electron chi connectivity index (χ0n) is 18.6. The van der Waals surface area contributed by atoms with E-state index in [0.717, 1.165) is 0 Å². The van der Waals surface area contributed by atoms with Gasteiger partial charge in [-0.05, 0) is 17.9 Å². The van der Waals surface area contributed by atoms with E-state index in [0.29, 0.717) is 43.9 Å². The molecule has 0 bridgehead atoms. The number of rotatable bonds is 10. The van der Waals surface area contributed by atoms with Crippen molar-refractivity contribution in [3.05, 3.63) is 47.8 Å². The van der Waals surface area contributed by atoms with Gasteiger partial charge in [0.1, 0.15) is 0 Å². The van der Waals surface area contributed by atoms with Crippen LogP contribution in [0, 0.1) is 5.41 Å². The molecule has 1 heterocycles. The van der Waals surface area contributed by atoms with Gasteiger partial charge in [0, 0.05) is 26.6 Å². The smallest absolute Gasteiger partial charge is 0.228 e. The van der Waals surface area contributed by atoms with Crippen LogP contribution in [0.4, 0.5) is 0 Å². The first-order valence-electron chi connectivity index (χ1n) is 10.1. The minimum atomic E-state index is -3.65. The summed E-state index contributed by atoms with van der Waals surface area (Å²) in [6, 6.07) is 9.04. The largest absolute Gasteiger partial charge is 0.383 e. The zero-order chi connectivity index (χ0) is 22.4. The normalized spacial score (nSPS) is 12.2. The molecule has 0 saturated carbocycles. The molecule has 0 aliphatic heterocycles. The van der Waals surface area contributed by atoms with Gasteiger partial charge in [0.05, 0.1) is 30.8 Å². The Labute approximate surface area is 180 Å². The topological polar surface area (TPSA) is 81.5 Å². The van der Waals surface area contributed by atoms with Crippen molar-refractivity contribution in [2.75, 3.05) is 20.3 Å². The van der Waals surface area contributed by atoms with Crippen LogP contribution in [0.1, 0.15) is 45.4 Å². The van der Waals surface area contributed by atoms with Crippen LogP contribution >= 0.6 is 0 Å². The van der Waals surface area contributed by atoms with E-state index >= 15 is 0 Å². The van der Waals surface area contributed by atoms with E-state index in [4.69, 9.17) is 4.74 Å². The number of hydrogen-bond donors (Lipinski definition) is 0. The van der Waals surface area contributed by atoms with Crippen molar-refractivity contribution >= 4 is 15.7 Å². The van der Waals surface area contributed by atoms with Gasteiger partial charge in [-0.1, -0.05) is 51.1 Å². The monoisotopic (exact) mass is 435 g/mol. The maximum absolute atomic E-state index is 13.1. The molecule has 8 heteroatoms. The average Bonchev–Trinajstić information content (AvgIpc) is 3.06. The quantitative estimate of drug-likeness (QED) is 0.572. The maximum atomic E-state index is 13.1. The molecule has 1 amide bonds. The van der Waals surface area contributed by atoms with Crippen LogP contribution in [0.25, 0.3) is 0 Å². The first-order chi connectivity index (χ1) is 14.1. The molecule has 1 aromatic heterocycles. The lowest BCUT2D eigenvalue weighted by Gasteiger charge is -2.26. The molecule has 0 atom stereocenters. The second kappa shape index (κ2) is 10.2. The Kier molecular flexibility index (Phi) is 8.20. The van der Waals surface area contributed by atoms with E-state index in [1.54, 1.807) is 34.9 Å². The SMILES string of the molecule is CCN(Cc1cnc(S(=O)(=O)Cc2ccccc2)n1CCOC)C(=O)CC(C)(C)C. The van der Waals surface area contributed by atoms with Crippen LogP contribution in [0.15, 0.2) is 41.7 Å². The van der Waals surface area contributed by atoms with Crippen molar-refractivity contribution in [3.63, 3.8) is 0 Å². The molecule has 0 saturated heterocycles. The van der Waals surface area contributed by atoms with Gasteiger partial charge in [-0.25, -0.2) is 13.4 Å². The highest BCUT2D eigenvalue weighted by molar-refractivity contribution is 7.90. The number of methoxy groups -OCH3 is 1. The number of amides is 1. The third kappa shape index (κ3) is 6.67. The lowest BCUT2D eigenvalue weighted by molar-refractivity contribution is -0.133. The summed E-state index contributed by atoms with van der Waals surface area (Å²) in [5, 5.41) is 0.0118. The summed E-state index contributed by atoms with van der Waals surface area (Å²) >= 11 is 0. The second-order valence-corrected chi connectivity index (χ2v) is 10.4. The van der Waals surface area contributed by atoms with Crippen molar-refractivity contribution < 1.29 is 17.9 Å². The van der Waals surface area contributed by atoms with Crippen molar-refractivity contribution in [3.8, 4) is 0 Å². The van der Waals surface area contributed by atoms with E-state index in [9.17, 15) is 13.2 Å². The zero-order valence-corrected chi connectivity index (χ0v) is 19.4. The highest BCUT2D eigenvalue weighted by Crippen LogP contribution is 2.22. The molecule has 2 aromatic rings. The first-order valence-corrected chi connectivity index (χ1v) is 11.8. The lowest BCUT2D eigenvalue weighted by atomic mass is 9.91. The number of aromatic nitrogens is 2. The molecular formula is C22H33N3O4S. The molecule has 166 valence electrons. The maximum Gasteiger partial charge on any atom is 0.228 e. The molecule has 7 nitrogen and oxygen atoms in total. The average molecular weight is 436 g/mol. The predicted molar refractivity (Wildman–Crippen MR) is 117 cm³/mol. The number of ether oxygens (including phenoxy) is 1. The highest BCUT2D eigenvalue weighted by Gasteiger charge is 2.26. The fourth-order valence-electron chi connectivity index (χ4n) is 3.18. The summed E-state index contributed by atoms with van der Waals surface area (Å²) in [6.07, 6.45) is 1.98. The van der Waals surface area contributed by atoms with Gasteiger partial charge in [0.15, 0.2) is 0 Å². The van der Waals surface area contributed by atoms with Crippen LogP contribution in [0.5, 0.6) is 0 Å². The van der Waals surface area contributed by atoms with Crippen LogP contribution in [-0.4, -0.2) is 49.0 Å². The predicted octanol–water partition coefficient (Wildman–Crippen LogP) is 3.29. The summed E-state index contributed by atoms with van der Waals surface area (Å²) < 4.78 is 33.0. The molecular weight excluding hydrogens is 402 g/mol. The van der Waals surface area contributed by atoms with Crippen LogP contribution in [-0.2, 0) is 38.2 Å². The lowest BCUT2D eigenvalue weighted by Crippen LogP contribution is -2.34. The van der Waals surface area contributed by atoms with E-state index in [1.165, 1.54) is 0 Å². The minimum absolute atomic E-state index is 0.0118. The van der Waals surface area contributed by atoms with Crippen LogP contribution in [0.3, 0.4) is 0 Å². The summed E-state index contributed by atoms with van der Waals surface area (Å²) in [5.41, 5.74) is 1.27. The molecule has 0 fully saturated rings. The third-order valence-corrected chi connectivity index (χ3v) is 6.26. The number of carbonyl (C=O) groups is 1. The Hall–Kier alpha value is -2.19. The van der Waals surface area contributed by atoms with Crippen molar-refractivity contribution in [1.82, 2.24) is 14.5 Å². The van der Waals surface area contributed by atoms with Gasteiger partial charge < -0.3 is 14.2 Å². The van der Waals surface area contributed by atoms with Gasteiger partial charge in [0.25, 0.3) is 0 Å². The minimum Gasteiger partial charge on any atom is -0.383 e. The van der Waals surface area contributed by atoms with Crippen LogP contribution in [0.2, 0.25) is 0 Å². The second-order valence-electron chi connectivity index (χ2n) is 8.57. The van der Waals surface area contributed by atoms with Gasteiger partial charge in [0.2, 0.25) is 20.9 Å². The molecule has 0 spiro atoms. The summed E-state index contributed by atoms with van der Waals surface area (Å²) in [5.74, 6) is -0.0873. The molecule has 2 rings (SSSR count). The molecule has 0 aliphatic carbocycles. The molecule has 0 unspecified atom stereocenters. The number of nitrogens with zero attached hydrogens (tertiary/aromatic N) is 3. The number of benzene rings is 1. The number of imidazole rings is 1. The number of hydrogen-bond acceptors (Lipinski definition) is 5. The molecule has 0 radical (unpaired) electrons. The van der Waals surface area contributed by atoms with E-state index in [1.807, 2.05) is 45.9 Å². The van der Waals surface area contributed by atoms with Gasteiger partial charge >= 0.3 is 0 Å². The Morgan fingerprint density at radius 2 is 1.87 bits per heavy atom. The first kappa shape index (κ1) is 24.1. The van der Waals surface area contributed by atoms with Crippen LogP contribution < -0.4 is 0 Å². The van der Waals surface area contributed by atoms with Crippen molar-refractivity contribution in [2.45, 2.75) is 58.1 Å². The summed E-state index contributed by atoms with van der Waals surface area (Å²) in [4.78, 5) is 18.7. The standard InChI is InChI=1S/C22H33N3O4S/c1-6-24(20(26)14-22(2,3)4)16-19-15-23-21(25(19)12-13-29-5)30(27,28)17-18-10-8-7-9-11-18/h7-11,15H,6,12-14,16-17H2,1-5H3. The van der Waals surface area contributed by atoms with E-state index < -0.39 is 9.84 Å². The van der Waals surface area contributed by atoms with E-state index in [-0.39, 0.29) is 22.2 Å². The Bertz CT molecular complexity index is 931. The van der Waals surface area contributed by atoms with Crippen molar-refractivity contribution in [1.29, 1.82) is 0 Å².